The molecule has 0 bridgehead atoms. The van der Waals surface area contributed by atoms with Crippen molar-refractivity contribution in [3.05, 3.63) is 16.9 Å². The van der Waals surface area contributed by atoms with Crippen LogP contribution < -0.4 is 5.32 Å². The second-order valence-electron chi connectivity index (χ2n) is 4.59. The van der Waals surface area contributed by atoms with Gasteiger partial charge in [-0.1, -0.05) is 11.6 Å². The quantitative estimate of drug-likeness (QED) is 0.780. The number of nitrogens with zero attached hydrogens (tertiary/aromatic N) is 3. The van der Waals surface area contributed by atoms with Crippen LogP contribution in [0.5, 0.6) is 0 Å². The third-order valence-corrected chi connectivity index (χ3v) is 3.22. The van der Waals surface area contributed by atoms with Gasteiger partial charge >= 0.3 is 0 Å². The van der Waals surface area contributed by atoms with Crippen LogP contribution in [0.25, 0.3) is 0 Å². The third-order valence-electron chi connectivity index (χ3n) is 2.94. The van der Waals surface area contributed by atoms with Crippen LogP contribution >= 0.6 is 11.6 Å². The Balaban J connectivity index is 2.13. The number of nitrogens with one attached hydrogen (secondary N) is 1. The van der Waals surface area contributed by atoms with Crippen LogP contribution in [0.2, 0.25) is 5.02 Å². The van der Waals surface area contributed by atoms with Crippen LogP contribution in [0.1, 0.15) is 10.5 Å². The molecule has 0 aromatic carbocycles. The predicted octanol–water partition coefficient (Wildman–Crippen LogP) is 0.500. The molecule has 0 amide bonds. The molecule has 2 heterocycles. The Labute approximate surface area is 106 Å². The summed E-state index contributed by atoms with van der Waals surface area (Å²) in [5.41, 5.74) is 0.556. The fourth-order valence-corrected chi connectivity index (χ4v) is 1.97. The smallest absolute Gasteiger partial charge is 0.187 e. The van der Waals surface area contributed by atoms with Crippen LogP contribution in [-0.2, 0) is 6.54 Å². The first-order valence-corrected chi connectivity index (χ1v) is 6.08. The molecule has 0 saturated carbocycles. The number of carbonyl (C=O) groups excluding carboxylic acids is 1. The highest BCUT2D eigenvalue weighted by Crippen LogP contribution is 2.20. The Hall–Kier alpha value is -0.910. The van der Waals surface area contributed by atoms with Crippen molar-refractivity contribution >= 4 is 17.4 Å². The van der Waals surface area contributed by atoms with E-state index in [2.05, 4.69) is 15.3 Å². The lowest BCUT2D eigenvalue weighted by atomic mass is 9.96. The largest absolute Gasteiger partial charge is 0.315 e. The van der Waals surface area contributed by atoms with Gasteiger partial charge in [-0.25, -0.2) is 0 Å². The first-order chi connectivity index (χ1) is 8.09. The van der Waals surface area contributed by atoms with E-state index in [1.807, 2.05) is 14.1 Å². The summed E-state index contributed by atoms with van der Waals surface area (Å²) in [5.74, 6) is 0.160. The van der Waals surface area contributed by atoms with Crippen molar-refractivity contribution in [2.75, 3.05) is 33.7 Å². The molecular formula is C11H17ClN4O. The predicted molar refractivity (Wildman–Crippen MR) is 66.5 cm³/mol. The zero-order chi connectivity index (χ0) is 12.4. The van der Waals surface area contributed by atoms with Crippen LogP contribution in [-0.4, -0.2) is 54.2 Å². The van der Waals surface area contributed by atoms with Gasteiger partial charge in [0.15, 0.2) is 5.78 Å². The van der Waals surface area contributed by atoms with Gasteiger partial charge < -0.3 is 10.2 Å². The molecule has 17 heavy (non-hydrogen) atoms. The number of halogens is 1. The number of hydrogen-bond acceptors (Lipinski definition) is 4. The van der Waals surface area contributed by atoms with Gasteiger partial charge in [0.1, 0.15) is 5.69 Å². The lowest BCUT2D eigenvalue weighted by Gasteiger charge is -2.26. The van der Waals surface area contributed by atoms with E-state index in [0.29, 0.717) is 17.3 Å². The molecule has 1 N–H and O–H groups in total. The van der Waals surface area contributed by atoms with Crippen molar-refractivity contribution in [2.45, 2.75) is 6.54 Å². The molecule has 1 saturated heterocycles. The Kier molecular flexibility index (Phi) is 3.81. The molecule has 0 radical (unpaired) electrons. The molecule has 1 aromatic heterocycles. The second kappa shape index (κ2) is 5.16. The third kappa shape index (κ3) is 2.68. The highest BCUT2D eigenvalue weighted by Gasteiger charge is 2.30. The molecule has 0 spiro atoms. The zero-order valence-corrected chi connectivity index (χ0v) is 10.9. The molecule has 0 aliphatic carbocycles. The van der Waals surface area contributed by atoms with E-state index in [1.54, 1.807) is 10.9 Å². The topological polar surface area (TPSA) is 50.2 Å². The number of rotatable bonds is 5. The summed E-state index contributed by atoms with van der Waals surface area (Å²) in [4.78, 5) is 14.2. The molecule has 5 nitrogen and oxygen atoms in total. The summed E-state index contributed by atoms with van der Waals surface area (Å²) in [6, 6.07) is 0. The van der Waals surface area contributed by atoms with E-state index in [9.17, 15) is 4.79 Å². The zero-order valence-electron chi connectivity index (χ0n) is 10.1. The molecule has 1 aromatic rings. The van der Waals surface area contributed by atoms with Gasteiger partial charge in [0.2, 0.25) is 0 Å². The summed E-state index contributed by atoms with van der Waals surface area (Å²) in [7, 11) is 3.98. The van der Waals surface area contributed by atoms with Gasteiger partial charge in [-0.05, 0) is 14.1 Å². The first kappa shape index (κ1) is 12.5. The van der Waals surface area contributed by atoms with Crippen molar-refractivity contribution in [2.24, 2.45) is 5.92 Å². The minimum Gasteiger partial charge on any atom is -0.315 e. The average Bonchev–Trinajstić information content (AvgIpc) is 2.53. The maximum Gasteiger partial charge on any atom is 0.187 e. The van der Waals surface area contributed by atoms with E-state index in [1.165, 1.54) is 0 Å². The average molecular weight is 257 g/mol. The Bertz CT molecular complexity index is 412. The van der Waals surface area contributed by atoms with E-state index >= 15 is 0 Å². The normalized spacial score (nSPS) is 16.2. The van der Waals surface area contributed by atoms with Gasteiger partial charge in [-0.3, -0.25) is 9.48 Å². The van der Waals surface area contributed by atoms with E-state index in [0.717, 1.165) is 19.6 Å². The second-order valence-corrected chi connectivity index (χ2v) is 4.99. The molecular weight excluding hydrogens is 240 g/mol. The fraction of sp³-hybridized carbons (Fsp3) is 0.636. The first-order valence-electron chi connectivity index (χ1n) is 5.70. The maximum atomic E-state index is 12.2. The van der Waals surface area contributed by atoms with Gasteiger partial charge in [0.05, 0.1) is 17.8 Å². The lowest BCUT2D eigenvalue weighted by Crippen LogP contribution is -2.47. The number of ketones is 1. The Morgan fingerprint density at radius 3 is 2.88 bits per heavy atom. The number of Topliss-reactive ketones (excluding diaryl/α,β-unsaturated/α-hetero) is 1. The van der Waals surface area contributed by atoms with Crippen molar-refractivity contribution in [1.82, 2.24) is 20.0 Å². The SMILES string of the molecule is CN(C)CCn1ncc(Cl)c1C(=O)C1CNC1. The molecule has 6 heteroatoms. The Morgan fingerprint density at radius 1 is 1.65 bits per heavy atom. The molecule has 1 fully saturated rings. The number of aromatic nitrogens is 2. The maximum absolute atomic E-state index is 12.2. The fourth-order valence-electron chi connectivity index (χ4n) is 1.74. The standard InChI is InChI=1S/C11H17ClN4O/c1-15(2)3-4-16-10(9(12)7-14-16)11(17)8-5-13-6-8/h7-8,13H,3-6H2,1-2H3. The number of likely N-dealkylation sites (N-methyl/N-ethyl adjacent to an activating group) is 1. The van der Waals surface area contributed by atoms with Gasteiger partial charge in [-0.2, -0.15) is 5.10 Å². The molecule has 94 valence electrons. The molecule has 2 rings (SSSR count). The lowest BCUT2D eigenvalue weighted by molar-refractivity contribution is 0.0866. The highest BCUT2D eigenvalue weighted by atomic mass is 35.5. The van der Waals surface area contributed by atoms with Crippen LogP contribution in [0.15, 0.2) is 6.20 Å². The van der Waals surface area contributed by atoms with Crippen molar-refractivity contribution < 1.29 is 4.79 Å². The summed E-state index contributed by atoms with van der Waals surface area (Å²) < 4.78 is 1.71. The molecule has 0 unspecified atom stereocenters. The minimum atomic E-state index is 0.0577. The van der Waals surface area contributed by atoms with Crippen molar-refractivity contribution in [3.8, 4) is 0 Å². The minimum absolute atomic E-state index is 0.0577. The van der Waals surface area contributed by atoms with Gasteiger partial charge in [-0.15, -0.1) is 0 Å². The van der Waals surface area contributed by atoms with Crippen molar-refractivity contribution in [3.63, 3.8) is 0 Å². The highest BCUT2D eigenvalue weighted by molar-refractivity contribution is 6.33. The summed E-state index contributed by atoms with van der Waals surface area (Å²) in [6.07, 6.45) is 1.55. The van der Waals surface area contributed by atoms with E-state index in [4.69, 9.17) is 11.6 Å². The number of hydrogen-bond donors (Lipinski definition) is 1. The van der Waals surface area contributed by atoms with Crippen LogP contribution in [0.4, 0.5) is 0 Å². The summed E-state index contributed by atoms with van der Waals surface area (Å²) in [6.45, 7) is 3.00. The van der Waals surface area contributed by atoms with Crippen LogP contribution in [0, 0.1) is 5.92 Å². The summed E-state index contributed by atoms with van der Waals surface area (Å²) >= 11 is 6.04. The summed E-state index contributed by atoms with van der Waals surface area (Å²) in [5, 5.41) is 7.72. The molecule has 1 aliphatic heterocycles. The Morgan fingerprint density at radius 2 is 2.35 bits per heavy atom. The monoisotopic (exact) mass is 256 g/mol. The van der Waals surface area contributed by atoms with Crippen LogP contribution in [0.3, 0.4) is 0 Å². The van der Waals surface area contributed by atoms with E-state index < -0.39 is 0 Å². The van der Waals surface area contributed by atoms with Crippen molar-refractivity contribution in [1.29, 1.82) is 0 Å². The number of carbonyl (C=O) groups is 1. The molecule has 0 atom stereocenters. The van der Waals surface area contributed by atoms with Gasteiger partial charge in [0, 0.05) is 25.6 Å². The van der Waals surface area contributed by atoms with Gasteiger partial charge in [0.25, 0.3) is 0 Å². The van der Waals surface area contributed by atoms with E-state index in [-0.39, 0.29) is 11.7 Å². The molecule has 1 aliphatic rings.